The van der Waals surface area contributed by atoms with Crippen LogP contribution in [-0.2, 0) is 9.53 Å². The van der Waals surface area contributed by atoms with E-state index in [0.717, 1.165) is 19.4 Å². The molecule has 2 atom stereocenters. The van der Waals surface area contributed by atoms with Crippen LogP contribution in [0.3, 0.4) is 0 Å². The van der Waals surface area contributed by atoms with Crippen LogP contribution < -0.4 is 11.1 Å². The van der Waals surface area contributed by atoms with Crippen molar-refractivity contribution < 1.29 is 9.53 Å². The number of ether oxygens (including phenoxy) is 1. The number of hydrogen-bond acceptors (Lipinski definition) is 4. The molecule has 5 nitrogen and oxygen atoms in total. The fraction of sp³-hybridized carbons (Fsp3) is 0.929. The highest BCUT2D eigenvalue weighted by Crippen LogP contribution is 2.26. The first kappa shape index (κ1) is 16.4. The molecule has 0 aliphatic carbocycles. The van der Waals surface area contributed by atoms with Crippen molar-refractivity contribution in [2.24, 2.45) is 11.1 Å². The highest BCUT2D eigenvalue weighted by molar-refractivity contribution is 5.83. The van der Waals surface area contributed by atoms with Gasteiger partial charge in [-0.1, -0.05) is 0 Å². The van der Waals surface area contributed by atoms with Gasteiger partial charge in [0.1, 0.15) is 0 Å². The van der Waals surface area contributed by atoms with Crippen molar-refractivity contribution in [3.63, 3.8) is 0 Å². The number of carbonyl (C=O) groups excluding carboxylic acids is 1. The Morgan fingerprint density at radius 1 is 1.53 bits per heavy atom. The van der Waals surface area contributed by atoms with Crippen molar-refractivity contribution >= 4 is 5.91 Å². The number of unbranched alkanes of at least 4 members (excludes halogenated alkanes) is 1. The molecule has 1 fully saturated rings. The number of nitrogens with zero attached hydrogens (tertiary/aromatic N) is 1. The second kappa shape index (κ2) is 7.22. The second-order valence-corrected chi connectivity index (χ2v) is 6.08. The van der Waals surface area contributed by atoms with Crippen LogP contribution in [-0.4, -0.2) is 56.2 Å². The summed E-state index contributed by atoms with van der Waals surface area (Å²) in [5, 5.41) is 2.98. The summed E-state index contributed by atoms with van der Waals surface area (Å²) in [5.41, 5.74) is 5.36. The molecular formula is C14H29N3O2. The third-order valence-electron chi connectivity index (χ3n) is 4.14. The van der Waals surface area contributed by atoms with Crippen LogP contribution in [0.25, 0.3) is 0 Å². The Hall–Kier alpha value is -0.650. The normalized spacial score (nSPS) is 27.2. The molecule has 1 saturated heterocycles. The molecule has 0 aromatic heterocycles. The largest absolute Gasteiger partial charge is 0.379 e. The molecule has 1 amide bonds. The fourth-order valence-corrected chi connectivity index (χ4v) is 2.07. The van der Waals surface area contributed by atoms with Gasteiger partial charge >= 0.3 is 0 Å². The highest BCUT2D eigenvalue weighted by Gasteiger charge is 2.44. The van der Waals surface area contributed by atoms with Gasteiger partial charge in [-0.05, 0) is 47.2 Å². The van der Waals surface area contributed by atoms with E-state index >= 15 is 0 Å². The summed E-state index contributed by atoms with van der Waals surface area (Å²) in [5.74, 6) is 0.0229. The molecule has 0 radical (unpaired) electrons. The molecule has 2 unspecified atom stereocenters. The van der Waals surface area contributed by atoms with Crippen molar-refractivity contribution in [2.75, 3.05) is 33.4 Å². The van der Waals surface area contributed by atoms with E-state index in [1.807, 2.05) is 6.92 Å². The third kappa shape index (κ3) is 4.44. The molecule has 0 saturated carbocycles. The van der Waals surface area contributed by atoms with Gasteiger partial charge in [0.2, 0.25) is 5.91 Å². The lowest BCUT2D eigenvalue weighted by Gasteiger charge is -2.25. The van der Waals surface area contributed by atoms with Crippen molar-refractivity contribution in [2.45, 2.75) is 45.7 Å². The van der Waals surface area contributed by atoms with Gasteiger partial charge in [-0.3, -0.25) is 4.79 Å². The van der Waals surface area contributed by atoms with Gasteiger partial charge in [0.05, 0.1) is 18.6 Å². The zero-order chi connectivity index (χ0) is 14.5. The molecule has 19 heavy (non-hydrogen) atoms. The minimum atomic E-state index is -0.561. The molecule has 0 aromatic rings. The molecule has 0 aromatic carbocycles. The van der Waals surface area contributed by atoms with E-state index in [-0.39, 0.29) is 11.9 Å². The minimum Gasteiger partial charge on any atom is -0.379 e. The van der Waals surface area contributed by atoms with Gasteiger partial charge in [0.15, 0.2) is 0 Å². The maximum absolute atomic E-state index is 12.1. The van der Waals surface area contributed by atoms with E-state index in [0.29, 0.717) is 25.8 Å². The van der Waals surface area contributed by atoms with Crippen molar-refractivity contribution in [3.05, 3.63) is 0 Å². The van der Waals surface area contributed by atoms with Crippen LogP contribution >= 0.6 is 0 Å². The molecular weight excluding hydrogens is 242 g/mol. The summed E-state index contributed by atoms with van der Waals surface area (Å²) < 4.78 is 5.29. The van der Waals surface area contributed by atoms with Crippen molar-refractivity contribution in [1.29, 1.82) is 0 Å². The van der Waals surface area contributed by atoms with Crippen LogP contribution in [0.5, 0.6) is 0 Å². The molecule has 1 aliphatic heterocycles. The van der Waals surface area contributed by atoms with E-state index < -0.39 is 5.41 Å². The van der Waals surface area contributed by atoms with Gasteiger partial charge in [0.25, 0.3) is 0 Å². The summed E-state index contributed by atoms with van der Waals surface area (Å²) in [6, 6.07) is 0.377. The lowest BCUT2D eigenvalue weighted by Crippen LogP contribution is -2.50. The molecule has 1 heterocycles. The lowest BCUT2D eigenvalue weighted by atomic mass is 9.85. The molecule has 0 spiro atoms. The van der Waals surface area contributed by atoms with Gasteiger partial charge < -0.3 is 20.7 Å². The maximum Gasteiger partial charge on any atom is 0.229 e. The number of amides is 1. The van der Waals surface area contributed by atoms with Gasteiger partial charge in [0, 0.05) is 18.6 Å². The molecule has 1 rings (SSSR count). The Kier molecular flexibility index (Phi) is 6.23. The van der Waals surface area contributed by atoms with Crippen LogP contribution in [0.1, 0.15) is 33.6 Å². The molecule has 5 heteroatoms. The quantitative estimate of drug-likeness (QED) is 0.665. The van der Waals surface area contributed by atoms with Crippen molar-refractivity contribution in [3.8, 4) is 0 Å². The van der Waals surface area contributed by atoms with Crippen molar-refractivity contribution in [1.82, 2.24) is 10.2 Å². The SMILES string of the molecule is CC(C)N(C)CCCCNC(=O)C1(C)COCC1N. The average Bonchev–Trinajstić information content (AvgIpc) is 2.69. The molecule has 3 N–H and O–H groups in total. The summed E-state index contributed by atoms with van der Waals surface area (Å²) in [6.45, 7) is 8.93. The number of hydrogen-bond donors (Lipinski definition) is 2. The zero-order valence-electron chi connectivity index (χ0n) is 12.7. The Morgan fingerprint density at radius 2 is 2.21 bits per heavy atom. The summed E-state index contributed by atoms with van der Waals surface area (Å²) >= 11 is 0. The molecule has 112 valence electrons. The monoisotopic (exact) mass is 271 g/mol. The minimum absolute atomic E-state index is 0.0229. The molecule has 0 bridgehead atoms. The van der Waals surface area contributed by atoms with E-state index in [1.165, 1.54) is 0 Å². The van der Waals surface area contributed by atoms with Gasteiger partial charge in [-0.2, -0.15) is 0 Å². The standard InChI is InChI=1S/C14H29N3O2/c1-11(2)17(4)8-6-5-7-16-13(18)14(3)10-19-9-12(14)15/h11-12H,5-10,15H2,1-4H3,(H,16,18). The van der Waals surface area contributed by atoms with Crippen LogP contribution in [0.4, 0.5) is 0 Å². The van der Waals surface area contributed by atoms with E-state index in [4.69, 9.17) is 10.5 Å². The predicted molar refractivity (Wildman–Crippen MR) is 76.9 cm³/mol. The number of nitrogens with one attached hydrogen (secondary N) is 1. The Morgan fingerprint density at radius 3 is 2.74 bits per heavy atom. The number of rotatable bonds is 7. The van der Waals surface area contributed by atoms with Crippen LogP contribution in [0.2, 0.25) is 0 Å². The van der Waals surface area contributed by atoms with Gasteiger partial charge in [-0.25, -0.2) is 0 Å². The first-order chi connectivity index (χ1) is 8.88. The maximum atomic E-state index is 12.1. The predicted octanol–water partition coefficient (Wildman–Crippen LogP) is 0.587. The summed E-state index contributed by atoms with van der Waals surface area (Å²) in [7, 11) is 2.12. The fourth-order valence-electron chi connectivity index (χ4n) is 2.07. The summed E-state index contributed by atoms with van der Waals surface area (Å²) in [4.78, 5) is 14.4. The van der Waals surface area contributed by atoms with Gasteiger partial charge in [-0.15, -0.1) is 0 Å². The first-order valence-corrected chi connectivity index (χ1v) is 7.20. The number of nitrogens with two attached hydrogens (primary N) is 1. The van der Waals surface area contributed by atoms with E-state index in [2.05, 4.69) is 31.1 Å². The lowest BCUT2D eigenvalue weighted by molar-refractivity contribution is -0.130. The Balaban J connectivity index is 2.18. The second-order valence-electron chi connectivity index (χ2n) is 6.08. The van der Waals surface area contributed by atoms with Crippen LogP contribution in [0.15, 0.2) is 0 Å². The topological polar surface area (TPSA) is 67.6 Å². The number of carbonyl (C=O) groups is 1. The summed E-state index contributed by atoms with van der Waals surface area (Å²) in [6.07, 6.45) is 2.09. The van der Waals surface area contributed by atoms with E-state index in [9.17, 15) is 4.79 Å². The zero-order valence-corrected chi connectivity index (χ0v) is 12.7. The molecule has 1 aliphatic rings. The van der Waals surface area contributed by atoms with Crippen LogP contribution in [0, 0.1) is 5.41 Å². The third-order valence-corrected chi connectivity index (χ3v) is 4.14. The first-order valence-electron chi connectivity index (χ1n) is 7.20. The van der Waals surface area contributed by atoms with E-state index in [1.54, 1.807) is 0 Å². The Bertz CT molecular complexity index is 296. The smallest absolute Gasteiger partial charge is 0.229 e. The average molecular weight is 271 g/mol. The highest BCUT2D eigenvalue weighted by atomic mass is 16.5. The Labute approximate surface area is 116 Å².